The molecule has 0 aromatic heterocycles. The summed E-state index contributed by atoms with van der Waals surface area (Å²) in [5, 5.41) is 3.20. The largest absolute Gasteiger partial charge is 0.381 e. The Labute approximate surface area is 189 Å². The fourth-order valence-electron chi connectivity index (χ4n) is 4.16. The highest BCUT2D eigenvalue weighted by Gasteiger charge is 2.35. The van der Waals surface area contributed by atoms with E-state index in [1.165, 1.54) is 11.1 Å². The van der Waals surface area contributed by atoms with Gasteiger partial charge in [0.15, 0.2) is 0 Å². The summed E-state index contributed by atoms with van der Waals surface area (Å²) in [6, 6.07) is 16.9. The molecule has 30 heavy (non-hydrogen) atoms. The molecule has 1 N–H and O–H groups in total. The Morgan fingerprint density at radius 2 is 1.87 bits per heavy atom. The summed E-state index contributed by atoms with van der Waals surface area (Å²) in [6.45, 7) is 10.6. The van der Waals surface area contributed by atoms with Crippen LogP contribution in [-0.4, -0.2) is 43.2 Å². The Hall–Kier alpha value is -1.69. The molecule has 1 fully saturated rings. The van der Waals surface area contributed by atoms with Gasteiger partial charge in [0.2, 0.25) is 0 Å². The van der Waals surface area contributed by atoms with E-state index in [0.29, 0.717) is 18.2 Å². The van der Waals surface area contributed by atoms with Gasteiger partial charge in [-0.3, -0.25) is 9.69 Å². The first kappa shape index (κ1) is 23.0. The molecule has 0 radical (unpaired) electrons. The molecule has 0 saturated carbocycles. The number of nitrogens with zero attached hydrogens (tertiary/aromatic N) is 1. The molecule has 2 aromatic carbocycles. The summed E-state index contributed by atoms with van der Waals surface area (Å²) in [6.07, 6.45) is 1.81. The van der Waals surface area contributed by atoms with Crippen molar-refractivity contribution >= 4 is 21.8 Å². The predicted octanol–water partition coefficient (Wildman–Crippen LogP) is 5.16. The van der Waals surface area contributed by atoms with Gasteiger partial charge in [0.05, 0.1) is 0 Å². The smallest absolute Gasteiger partial charge is 0.251 e. The van der Waals surface area contributed by atoms with Crippen molar-refractivity contribution in [3.8, 4) is 0 Å². The van der Waals surface area contributed by atoms with Gasteiger partial charge < -0.3 is 10.1 Å². The maximum absolute atomic E-state index is 12.9. The Morgan fingerprint density at radius 3 is 2.47 bits per heavy atom. The molecular weight excluding hydrogens is 440 g/mol. The fourth-order valence-corrected chi connectivity index (χ4v) is 4.55. The SMILES string of the molecule is CCN(Cc1ccc(C(=O)NCC2(c3cccc(Br)c3)CCOCC2)cc1)C(C)C. The van der Waals surface area contributed by atoms with Crippen LogP contribution in [0, 0.1) is 0 Å². The molecule has 1 saturated heterocycles. The zero-order valence-electron chi connectivity index (χ0n) is 18.3. The zero-order valence-corrected chi connectivity index (χ0v) is 19.9. The second kappa shape index (κ2) is 10.6. The number of benzene rings is 2. The number of rotatable bonds is 8. The van der Waals surface area contributed by atoms with Crippen molar-refractivity contribution in [3.63, 3.8) is 0 Å². The Balaban J connectivity index is 1.67. The number of amides is 1. The van der Waals surface area contributed by atoms with Crippen LogP contribution in [0.2, 0.25) is 0 Å². The minimum absolute atomic E-state index is 0.0152. The number of carbonyl (C=O) groups is 1. The highest BCUT2D eigenvalue weighted by atomic mass is 79.9. The lowest BCUT2D eigenvalue weighted by Gasteiger charge is -2.38. The number of halogens is 1. The van der Waals surface area contributed by atoms with Crippen molar-refractivity contribution in [2.24, 2.45) is 0 Å². The normalized spacial score (nSPS) is 16.1. The lowest BCUT2D eigenvalue weighted by atomic mass is 9.74. The second-order valence-electron chi connectivity index (χ2n) is 8.44. The maximum atomic E-state index is 12.9. The van der Waals surface area contributed by atoms with Gasteiger partial charge in [-0.15, -0.1) is 0 Å². The van der Waals surface area contributed by atoms with Gasteiger partial charge >= 0.3 is 0 Å². The molecule has 0 aliphatic carbocycles. The van der Waals surface area contributed by atoms with Gasteiger partial charge in [0, 0.05) is 47.8 Å². The van der Waals surface area contributed by atoms with E-state index in [0.717, 1.165) is 43.6 Å². The van der Waals surface area contributed by atoms with Crippen LogP contribution in [0.15, 0.2) is 53.0 Å². The van der Waals surface area contributed by atoms with Gasteiger partial charge in [-0.05, 0) is 68.6 Å². The van der Waals surface area contributed by atoms with Gasteiger partial charge in [-0.25, -0.2) is 0 Å². The number of nitrogens with one attached hydrogen (secondary N) is 1. The first-order chi connectivity index (χ1) is 14.4. The average molecular weight is 473 g/mol. The number of hydrogen-bond acceptors (Lipinski definition) is 3. The molecule has 0 atom stereocenters. The minimum atomic E-state index is -0.0868. The lowest BCUT2D eigenvalue weighted by molar-refractivity contribution is 0.0487. The molecule has 5 heteroatoms. The third-order valence-corrected chi connectivity index (χ3v) is 6.71. The van der Waals surface area contributed by atoms with Crippen molar-refractivity contribution < 1.29 is 9.53 Å². The molecule has 0 unspecified atom stereocenters. The molecule has 4 nitrogen and oxygen atoms in total. The third-order valence-electron chi connectivity index (χ3n) is 6.21. The van der Waals surface area contributed by atoms with Crippen LogP contribution in [0.1, 0.15) is 55.1 Å². The van der Waals surface area contributed by atoms with E-state index in [9.17, 15) is 4.79 Å². The summed E-state index contributed by atoms with van der Waals surface area (Å²) >= 11 is 3.59. The number of hydrogen-bond donors (Lipinski definition) is 1. The Bertz CT molecular complexity index is 829. The molecule has 162 valence electrons. The van der Waals surface area contributed by atoms with E-state index >= 15 is 0 Å². The molecular formula is C25H33BrN2O2. The topological polar surface area (TPSA) is 41.6 Å². The van der Waals surface area contributed by atoms with Crippen LogP contribution in [0.4, 0.5) is 0 Å². The van der Waals surface area contributed by atoms with Crippen LogP contribution in [0.5, 0.6) is 0 Å². The summed E-state index contributed by atoms with van der Waals surface area (Å²) < 4.78 is 6.68. The highest BCUT2D eigenvalue weighted by molar-refractivity contribution is 9.10. The van der Waals surface area contributed by atoms with Crippen LogP contribution >= 0.6 is 15.9 Å². The van der Waals surface area contributed by atoms with E-state index in [1.54, 1.807) is 0 Å². The van der Waals surface area contributed by atoms with Gasteiger partial charge in [0.1, 0.15) is 0 Å². The van der Waals surface area contributed by atoms with Crippen molar-refractivity contribution in [2.45, 2.75) is 51.6 Å². The monoisotopic (exact) mass is 472 g/mol. The number of ether oxygens (including phenoxy) is 1. The van der Waals surface area contributed by atoms with Gasteiger partial charge in [0.25, 0.3) is 5.91 Å². The van der Waals surface area contributed by atoms with Crippen molar-refractivity contribution in [1.82, 2.24) is 10.2 Å². The van der Waals surface area contributed by atoms with E-state index in [4.69, 9.17) is 4.74 Å². The summed E-state index contributed by atoms with van der Waals surface area (Å²) in [7, 11) is 0. The lowest BCUT2D eigenvalue weighted by Crippen LogP contribution is -2.44. The standard InChI is InChI=1S/C25H33BrN2O2/c1-4-28(19(2)3)17-20-8-10-21(11-9-20)24(29)27-18-25(12-14-30-15-13-25)22-6-5-7-23(26)16-22/h5-11,16,19H,4,12-15,17-18H2,1-3H3,(H,27,29). The third kappa shape index (κ3) is 5.71. The number of carbonyl (C=O) groups excluding carboxylic acids is 1. The van der Waals surface area contributed by atoms with E-state index in [2.05, 4.69) is 77.2 Å². The van der Waals surface area contributed by atoms with E-state index in [-0.39, 0.29) is 11.3 Å². The molecule has 1 aliphatic heterocycles. The van der Waals surface area contributed by atoms with Gasteiger partial charge in [-0.2, -0.15) is 0 Å². The van der Waals surface area contributed by atoms with Crippen LogP contribution in [-0.2, 0) is 16.7 Å². The molecule has 3 rings (SSSR count). The molecule has 2 aromatic rings. The first-order valence-electron chi connectivity index (χ1n) is 10.9. The molecule has 0 bridgehead atoms. The second-order valence-corrected chi connectivity index (χ2v) is 9.36. The van der Waals surface area contributed by atoms with E-state index < -0.39 is 0 Å². The fraction of sp³-hybridized carbons (Fsp3) is 0.480. The zero-order chi connectivity index (χ0) is 21.6. The average Bonchev–Trinajstić information content (AvgIpc) is 2.76. The Morgan fingerprint density at radius 1 is 1.17 bits per heavy atom. The Kier molecular flexibility index (Phi) is 8.09. The highest BCUT2D eigenvalue weighted by Crippen LogP contribution is 2.35. The van der Waals surface area contributed by atoms with Gasteiger partial charge in [-0.1, -0.05) is 47.1 Å². The predicted molar refractivity (Wildman–Crippen MR) is 126 cm³/mol. The van der Waals surface area contributed by atoms with Crippen LogP contribution < -0.4 is 5.32 Å². The van der Waals surface area contributed by atoms with Crippen molar-refractivity contribution in [2.75, 3.05) is 26.3 Å². The molecule has 1 amide bonds. The summed E-state index contributed by atoms with van der Waals surface area (Å²) in [5.74, 6) is -0.0152. The van der Waals surface area contributed by atoms with Crippen molar-refractivity contribution in [3.05, 3.63) is 69.7 Å². The van der Waals surface area contributed by atoms with E-state index in [1.807, 2.05) is 18.2 Å². The first-order valence-corrected chi connectivity index (χ1v) is 11.7. The van der Waals surface area contributed by atoms with Crippen LogP contribution in [0.25, 0.3) is 0 Å². The quantitative estimate of drug-likeness (QED) is 0.576. The maximum Gasteiger partial charge on any atom is 0.251 e. The molecule has 1 heterocycles. The molecule has 1 aliphatic rings. The molecule has 0 spiro atoms. The summed E-state index contributed by atoms with van der Waals surface area (Å²) in [5.41, 5.74) is 3.11. The van der Waals surface area contributed by atoms with Crippen molar-refractivity contribution in [1.29, 1.82) is 0 Å². The van der Waals surface area contributed by atoms with Crippen LogP contribution in [0.3, 0.4) is 0 Å². The minimum Gasteiger partial charge on any atom is -0.381 e. The summed E-state index contributed by atoms with van der Waals surface area (Å²) in [4.78, 5) is 15.3.